The number of ether oxygens (including phenoxy) is 1. The molecule has 28 heavy (non-hydrogen) atoms. The minimum Gasteiger partial charge on any atom is -0.494 e. The minimum atomic E-state index is -3.30. The normalized spacial score (nSPS) is 19.0. The highest BCUT2D eigenvalue weighted by Crippen LogP contribution is 2.29. The molecule has 2 aromatic carbocycles. The molecule has 0 bridgehead atoms. The van der Waals surface area contributed by atoms with Crippen LogP contribution in [-0.2, 0) is 9.84 Å². The first kappa shape index (κ1) is 20.4. The fraction of sp³-hybridized carbons (Fsp3) is 0.409. The van der Waals surface area contributed by atoms with E-state index in [9.17, 15) is 13.2 Å². The fourth-order valence-electron chi connectivity index (χ4n) is 3.40. The molecule has 1 atom stereocenters. The zero-order chi connectivity index (χ0) is 20.0. The molecule has 0 aromatic heterocycles. The second-order valence-corrected chi connectivity index (χ2v) is 9.38. The largest absolute Gasteiger partial charge is 0.494 e. The van der Waals surface area contributed by atoms with Gasteiger partial charge in [0.2, 0.25) is 0 Å². The molecule has 5 nitrogen and oxygen atoms in total. The number of unbranched alkanes of at least 4 members (excludes halogenated alkanes) is 1. The summed E-state index contributed by atoms with van der Waals surface area (Å²) in [5, 5.41) is -0.555. The molecule has 1 aliphatic heterocycles. The lowest BCUT2D eigenvalue weighted by molar-refractivity contribution is 0.0766. The van der Waals surface area contributed by atoms with E-state index in [1.165, 1.54) is 0 Å². The average Bonchev–Trinajstić information content (AvgIpc) is 2.87. The monoisotopic (exact) mass is 401 g/mol. The van der Waals surface area contributed by atoms with Crippen LogP contribution in [0.2, 0.25) is 0 Å². The van der Waals surface area contributed by atoms with Crippen molar-refractivity contribution in [2.75, 3.05) is 25.4 Å². The number of hydrogen-bond acceptors (Lipinski definition) is 4. The Hall–Kier alpha value is -2.34. The van der Waals surface area contributed by atoms with Crippen molar-refractivity contribution in [3.8, 4) is 5.75 Å². The van der Waals surface area contributed by atoms with Crippen molar-refractivity contribution in [2.24, 2.45) is 0 Å². The van der Waals surface area contributed by atoms with E-state index >= 15 is 0 Å². The van der Waals surface area contributed by atoms with Gasteiger partial charge in [0.15, 0.2) is 9.84 Å². The Balaban J connectivity index is 1.68. The van der Waals surface area contributed by atoms with Crippen LogP contribution in [0.4, 0.5) is 0 Å². The van der Waals surface area contributed by atoms with Crippen molar-refractivity contribution in [3.05, 3.63) is 65.7 Å². The Morgan fingerprint density at radius 2 is 1.79 bits per heavy atom. The van der Waals surface area contributed by atoms with Gasteiger partial charge in [-0.3, -0.25) is 4.79 Å². The predicted octanol–water partition coefficient (Wildman–Crippen LogP) is 3.87. The summed E-state index contributed by atoms with van der Waals surface area (Å²) in [6, 6.07) is 16.3. The van der Waals surface area contributed by atoms with Crippen molar-refractivity contribution in [1.29, 1.82) is 0 Å². The van der Waals surface area contributed by atoms with Crippen molar-refractivity contribution >= 4 is 15.7 Å². The molecule has 0 spiro atoms. The van der Waals surface area contributed by atoms with Crippen LogP contribution in [0.5, 0.6) is 5.75 Å². The third-order valence-electron chi connectivity index (χ3n) is 5.07. The molecular formula is C22H27NO4S. The lowest BCUT2D eigenvalue weighted by Crippen LogP contribution is -2.33. The second-order valence-electron chi connectivity index (χ2n) is 7.07. The maximum Gasteiger partial charge on any atom is 0.253 e. The number of hydrogen-bond donors (Lipinski definition) is 0. The highest BCUT2D eigenvalue weighted by Gasteiger charge is 2.32. The van der Waals surface area contributed by atoms with E-state index in [1.807, 2.05) is 30.3 Å². The fourth-order valence-corrected chi connectivity index (χ4v) is 5.20. The molecular weight excluding hydrogens is 374 g/mol. The van der Waals surface area contributed by atoms with Crippen LogP contribution >= 0.6 is 0 Å². The maximum atomic E-state index is 12.9. The second kappa shape index (κ2) is 9.24. The Labute approximate surface area is 167 Å². The van der Waals surface area contributed by atoms with Gasteiger partial charge in [0, 0.05) is 18.7 Å². The molecule has 1 aliphatic rings. The van der Waals surface area contributed by atoms with Crippen LogP contribution in [0.1, 0.15) is 47.4 Å². The van der Waals surface area contributed by atoms with Gasteiger partial charge in [-0.2, -0.15) is 0 Å². The summed E-state index contributed by atoms with van der Waals surface area (Å²) >= 11 is 0. The number of carbonyl (C=O) groups excluding carboxylic acids is 1. The molecule has 1 saturated heterocycles. The summed E-state index contributed by atoms with van der Waals surface area (Å²) in [7, 11) is -3.30. The molecule has 1 amide bonds. The standard InChI is InChI=1S/C22H27NO4S/c1-2-3-16-27-20-11-9-19(10-12-20)22(24)23-14-13-21(28(25,26)17-15-23)18-7-5-4-6-8-18/h4-12,21H,2-3,13-17H2,1H3. The first-order chi connectivity index (χ1) is 13.5. The van der Waals surface area contributed by atoms with Gasteiger partial charge in [0.25, 0.3) is 5.91 Å². The number of carbonyl (C=O) groups is 1. The Bertz CT molecular complexity index is 879. The number of rotatable bonds is 6. The van der Waals surface area contributed by atoms with Gasteiger partial charge in [-0.1, -0.05) is 43.7 Å². The van der Waals surface area contributed by atoms with E-state index in [1.54, 1.807) is 29.2 Å². The van der Waals surface area contributed by atoms with Gasteiger partial charge in [0.1, 0.15) is 5.75 Å². The van der Waals surface area contributed by atoms with E-state index in [4.69, 9.17) is 4.74 Å². The zero-order valence-electron chi connectivity index (χ0n) is 16.2. The summed E-state index contributed by atoms with van der Waals surface area (Å²) in [4.78, 5) is 14.5. The molecule has 3 rings (SSSR count). The van der Waals surface area contributed by atoms with E-state index < -0.39 is 15.1 Å². The summed E-state index contributed by atoms with van der Waals surface area (Å²) in [6.45, 7) is 3.41. The van der Waals surface area contributed by atoms with Crippen molar-refractivity contribution < 1.29 is 17.9 Å². The van der Waals surface area contributed by atoms with Crippen molar-refractivity contribution in [2.45, 2.75) is 31.4 Å². The summed E-state index contributed by atoms with van der Waals surface area (Å²) in [6.07, 6.45) is 2.47. The van der Waals surface area contributed by atoms with Crippen LogP contribution in [-0.4, -0.2) is 44.7 Å². The Morgan fingerprint density at radius 1 is 1.07 bits per heavy atom. The van der Waals surface area contributed by atoms with Crippen LogP contribution in [0, 0.1) is 0 Å². The van der Waals surface area contributed by atoms with Crippen LogP contribution in [0.15, 0.2) is 54.6 Å². The predicted molar refractivity (Wildman–Crippen MR) is 110 cm³/mol. The minimum absolute atomic E-state index is 0.0173. The van der Waals surface area contributed by atoms with Crippen LogP contribution in [0.3, 0.4) is 0 Å². The molecule has 2 aromatic rings. The van der Waals surface area contributed by atoms with E-state index in [-0.39, 0.29) is 18.2 Å². The van der Waals surface area contributed by atoms with E-state index in [0.29, 0.717) is 25.1 Å². The molecule has 6 heteroatoms. The van der Waals surface area contributed by atoms with E-state index in [2.05, 4.69) is 6.92 Å². The first-order valence-electron chi connectivity index (χ1n) is 9.80. The molecule has 0 aliphatic carbocycles. The molecule has 1 unspecified atom stereocenters. The van der Waals surface area contributed by atoms with E-state index in [0.717, 1.165) is 24.2 Å². The average molecular weight is 402 g/mol. The topological polar surface area (TPSA) is 63.7 Å². The smallest absolute Gasteiger partial charge is 0.253 e. The Kier molecular flexibility index (Phi) is 6.73. The summed E-state index contributed by atoms with van der Waals surface area (Å²) < 4.78 is 31.1. The third kappa shape index (κ3) is 4.93. The summed E-state index contributed by atoms with van der Waals surface area (Å²) in [5.74, 6) is 0.591. The van der Waals surface area contributed by atoms with Crippen LogP contribution < -0.4 is 4.74 Å². The molecule has 150 valence electrons. The van der Waals surface area contributed by atoms with Gasteiger partial charge in [0.05, 0.1) is 17.6 Å². The quantitative estimate of drug-likeness (QED) is 0.690. The first-order valence-corrected chi connectivity index (χ1v) is 11.5. The van der Waals surface area contributed by atoms with Crippen molar-refractivity contribution in [3.63, 3.8) is 0 Å². The van der Waals surface area contributed by atoms with Gasteiger partial charge >= 0.3 is 0 Å². The van der Waals surface area contributed by atoms with Gasteiger partial charge in [-0.15, -0.1) is 0 Å². The van der Waals surface area contributed by atoms with Gasteiger partial charge in [-0.05, 0) is 42.7 Å². The molecule has 0 N–H and O–H groups in total. The molecule has 0 radical (unpaired) electrons. The third-order valence-corrected chi connectivity index (χ3v) is 7.19. The molecule has 1 heterocycles. The Morgan fingerprint density at radius 3 is 2.46 bits per heavy atom. The number of sulfone groups is 1. The van der Waals surface area contributed by atoms with Crippen molar-refractivity contribution in [1.82, 2.24) is 4.90 Å². The highest BCUT2D eigenvalue weighted by molar-refractivity contribution is 7.91. The lowest BCUT2D eigenvalue weighted by Gasteiger charge is -2.20. The van der Waals surface area contributed by atoms with Gasteiger partial charge in [-0.25, -0.2) is 8.42 Å². The summed E-state index contributed by atoms with van der Waals surface area (Å²) in [5.41, 5.74) is 1.35. The SMILES string of the molecule is CCCCOc1ccc(C(=O)N2CCC(c3ccccc3)S(=O)(=O)CC2)cc1. The number of nitrogens with zero attached hydrogens (tertiary/aromatic N) is 1. The zero-order valence-corrected chi connectivity index (χ0v) is 17.0. The van der Waals surface area contributed by atoms with Crippen LogP contribution in [0.25, 0.3) is 0 Å². The van der Waals surface area contributed by atoms with Gasteiger partial charge < -0.3 is 9.64 Å². The number of amides is 1. The molecule has 1 fully saturated rings. The lowest BCUT2D eigenvalue weighted by atomic mass is 10.1. The highest BCUT2D eigenvalue weighted by atomic mass is 32.2. The maximum absolute atomic E-state index is 12.9. The number of benzene rings is 2. The molecule has 0 saturated carbocycles.